The van der Waals surface area contributed by atoms with Crippen molar-refractivity contribution in [2.75, 3.05) is 27.3 Å². The molecule has 8 nitrogen and oxygen atoms in total. The molecular weight excluding hydrogens is 440 g/mol. The van der Waals surface area contributed by atoms with Crippen LogP contribution in [-0.2, 0) is 24.3 Å². The molecule has 1 aliphatic rings. The van der Waals surface area contributed by atoms with Crippen LogP contribution < -0.4 is 9.46 Å². The first-order valence-corrected chi connectivity index (χ1v) is 12.0. The van der Waals surface area contributed by atoms with E-state index in [4.69, 9.17) is 9.47 Å². The molecule has 1 fully saturated rings. The van der Waals surface area contributed by atoms with Gasteiger partial charge >= 0.3 is 5.97 Å². The summed E-state index contributed by atoms with van der Waals surface area (Å²) in [5.41, 5.74) is 0.468. The minimum atomic E-state index is -3.73. The highest BCUT2D eigenvalue weighted by atomic mass is 32.2. The molecule has 1 aliphatic heterocycles. The van der Waals surface area contributed by atoms with Crippen molar-refractivity contribution >= 4 is 39.3 Å². The van der Waals surface area contributed by atoms with E-state index in [0.717, 1.165) is 23.8 Å². The second-order valence-corrected chi connectivity index (χ2v) is 9.65. The zero-order valence-corrected chi connectivity index (χ0v) is 18.9. The number of carbonyl (C=O) groups is 2. The molecule has 1 unspecified atom stereocenters. The minimum absolute atomic E-state index is 0.0357. The Labute approximate surface area is 185 Å². The molecule has 0 bridgehead atoms. The summed E-state index contributed by atoms with van der Waals surface area (Å²) in [6, 6.07) is 8.49. The molecule has 3 rings (SSSR count). The normalized spacial score (nSPS) is 16.6. The van der Waals surface area contributed by atoms with Crippen molar-refractivity contribution in [1.29, 1.82) is 0 Å². The topological polar surface area (TPSA) is 102 Å². The molecule has 2 heterocycles. The molecular formula is C21H24N2O6S2. The van der Waals surface area contributed by atoms with Gasteiger partial charge in [0, 0.05) is 17.5 Å². The lowest BCUT2D eigenvalue weighted by molar-refractivity contribution is -0.148. The molecule has 31 heavy (non-hydrogen) atoms. The third-order valence-corrected chi connectivity index (χ3v) is 7.35. The standard InChI is InChI=1S/C21H24N2O6S2/c1-22-31(26,27)19-13-15(7-9-17(19)28-2)8-10-21(25)29-14-20(24)23-11-3-5-16(23)18-6-4-12-30-18/h4,6-10,12-13,16,22H,3,5,11,14H2,1-2H3/b10-8+. The van der Waals surface area contributed by atoms with Gasteiger partial charge in [0.1, 0.15) is 10.6 Å². The van der Waals surface area contributed by atoms with Crippen LogP contribution in [0.2, 0.25) is 0 Å². The Morgan fingerprint density at radius 2 is 2.13 bits per heavy atom. The van der Waals surface area contributed by atoms with Gasteiger partial charge in [0.15, 0.2) is 6.61 Å². The van der Waals surface area contributed by atoms with Gasteiger partial charge in [0.2, 0.25) is 10.0 Å². The maximum absolute atomic E-state index is 12.5. The number of likely N-dealkylation sites (tertiary alicyclic amines) is 1. The van der Waals surface area contributed by atoms with E-state index >= 15 is 0 Å². The molecule has 0 saturated carbocycles. The van der Waals surface area contributed by atoms with E-state index in [9.17, 15) is 18.0 Å². The predicted molar refractivity (Wildman–Crippen MR) is 117 cm³/mol. The molecule has 1 aromatic carbocycles. The van der Waals surface area contributed by atoms with Crippen molar-refractivity contribution in [3.63, 3.8) is 0 Å². The van der Waals surface area contributed by atoms with Gasteiger partial charge in [-0.15, -0.1) is 11.3 Å². The van der Waals surface area contributed by atoms with Gasteiger partial charge in [-0.1, -0.05) is 12.1 Å². The van der Waals surface area contributed by atoms with Crippen molar-refractivity contribution in [3.8, 4) is 5.75 Å². The summed E-state index contributed by atoms with van der Waals surface area (Å²) >= 11 is 1.61. The number of amides is 1. The van der Waals surface area contributed by atoms with E-state index in [2.05, 4.69) is 4.72 Å². The van der Waals surface area contributed by atoms with Crippen molar-refractivity contribution in [2.24, 2.45) is 0 Å². The predicted octanol–water partition coefficient (Wildman–Crippen LogP) is 2.58. The van der Waals surface area contributed by atoms with Crippen molar-refractivity contribution in [2.45, 2.75) is 23.8 Å². The molecule has 1 atom stereocenters. The van der Waals surface area contributed by atoms with Gasteiger partial charge in [0.05, 0.1) is 13.2 Å². The average molecular weight is 465 g/mol. The number of methoxy groups -OCH3 is 1. The Kier molecular flexibility index (Phi) is 7.47. The van der Waals surface area contributed by atoms with Crippen molar-refractivity contribution in [3.05, 3.63) is 52.2 Å². The number of esters is 1. The Hall–Kier alpha value is -2.69. The zero-order chi connectivity index (χ0) is 22.4. The number of benzene rings is 1. The fraction of sp³-hybridized carbons (Fsp3) is 0.333. The van der Waals surface area contributed by atoms with Crippen LogP contribution in [0.25, 0.3) is 6.08 Å². The second kappa shape index (κ2) is 10.1. The van der Waals surface area contributed by atoms with Gasteiger partial charge in [0.25, 0.3) is 5.91 Å². The summed E-state index contributed by atoms with van der Waals surface area (Å²) in [4.78, 5) is 27.4. The van der Waals surface area contributed by atoms with E-state index < -0.39 is 16.0 Å². The lowest BCUT2D eigenvalue weighted by Crippen LogP contribution is -2.33. The lowest BCUT2D eigenvalue weighted by atomic mass is 10.2. The van der Waals surface area contributed by atoms with Crippen LogP contribution in [0.15, 0.2) is 46.7 Å². The number of nitrogens with one attached hydrogen (secondary N) is 1. The fourth-order valence-corrected chi connectivity index (χ4v) is 5.19. The first-order valence-electron chi connectivity index (χ1n) is 9.65. The maximum atomic E-state index is 12.5. The molecule has 0 aliphatic carbocycles. The largest absolute Gasteiger partial charge is 0.495 e. The first-order chi connectivity index (χ1) is 14.9. The molecule has 1 N–H and O–H groups in total. The van der Waals surface area contributed by atoms with Gasteiger partial charge in [-0.3, -0.25) is 4.79 Å². The van der Waals surface area contributed by atoms with Crippen LogP contribution in [0.1, 0.15) is 29.3 Å². The van der Waals surface area contributed by atoms with Gasteiger partial charge in [-0.2, -0.15) is 0 Å². The smallest absolute Gasteiger partial charge is 0.331 e. The van der Waals surface area contributed by atoms with Crippen molar-refractivity contribution < 1.29 is 27.5 Å². The molecule has 1 aromatic heterocycles. The number of hydrogen-bond donors (Lipinski definition) is 1. The monoisotopic (exact) mass is 464 g/mol. The molecule has 166 valence electrons. The molecule has 10 heteroatoms. The summed E-state index contributed by atoms with van der Waals surface area (Å²) in [5.74, 6) is -0.732. The SMILES string of the molecule is CNS(=O)(=O)c1cc(/C=C/C(=O)OCC(=O)N2CCCC2c2cccs2)ccc1OC. The summed E-state index contributed by atoms with van der Waals surface area (Å²) in [6.07, 6.45) is 4.39. The third kappa shape index (κ3) is 5.52. The van der Waals surface area contributed by atoms with Crippen molar-refractivity contribution in [1.82, 2.24) is 9.62 Å². The Morgan fingerprint density at radius 1 is 1.32 bits per heavy atom. The Morgan fingerprint density at radius 3 is 2.81 bits per heavy atom. The third-order valence-electron chi connectivity index (χ3n) is 4.94. The van der Waals surface area contributed by atoms with E-state index in [1.165, 1.54) is 32.4 Å². The molecule has 1 amide bonds. The number of nitrogens with zero attached hydrogens (tertiary/aromatic N) is 1. The van der Waals surface area contributed by atoms with Crippen LogP contribution in [0.3, 0.4) is 0 Å². The minimum Gasteiger partial charge on any atom is -0.495 e. The van der Waals surface area contributed by atoms with Crippen LogP contribution in [0.5, 0.6) is 5.75 Å². The van der Waals surface area contributed by atoms with E-state index in [1.807, 2.05) is 17.5 Å². The van der Waals surface area contributed by atoms with E-state index in [1.54, 1.807) is 22.3 Å². The van der Waals surface area contributed by atoms with Gasteiger partial charge < -0.3 is 14.4 Å². The number of hydrogen-bond acceptors (Lipinski definition) is 7. The lowest BCUT2D eigenvalue weighted by Gasteiger charge is -2.23. The quantitative estimate of drug-likeness (QED) is 0.476. The van der Waals surface area contributed by atoms with E-state index in [-0.39, 0.29) is 29.2 Å². The molecule has 1 saturated heterocycles. The van der Waals surface area contributed by atoms with Crippen LogP contribution in [0.4, 0.5) is 0 Å². The number of rotatable bonds is 8. The summed E-state index contributed by atoms with van der Waals surface area (Å²) in [7, 11) is -1.06. The molecule has 2 aromatic rings. The molecule has 0 spiro atoms. The van der Waals surface area contributed by atoms with Crippen LogP contribution in [0, 0.1) is 0 Å². The number of sulfonamides is 1. The number of carbonyl (C=O) groups excluding carboxylic acids is 2. The zero-order valence-electron chi connectivity index (χ0n) is 17.2. The number of thiophene rings is 1. The Balaban J connectivity index is 1.61. The van der Waals surface area contributed by atoms with Crippen LogP contribution >= 0.6 is 11.3 Å². The van der Waals surface area contributed by atoms with Gasteiger partial charge in [-0.25, -0.2) is 17.9 Å². The summed E-state index contributed by atoms with van der Waals surface area (Å²) in [5, 5.41) is 1.98. The second-order valence-electron chi connectivity index (χ2n) is 6.82. The Bertz CT molecular complexity index is 1060. The summed E-state index contributed by atoms with van der Waals surface area (Å²) < 4.78 is 36.7. The van der Waals surface area contributed by atoms with Gasteiger partial charge in [-0.05, 0) is 55.1 Å². The first kappa shape index (κ1) is 23.0. The summed E-state index contributed by atoms with van der Waals surface area (Å²) in [6.45, 7) is 0.302. The van der Waals surface area contributed by atoms with Crippen LogP contribution in [-0.4, -0.2) is 52.5 Å². The fourth-order valence-electron chi connectivity index (χ4n) is 3.39. The average Bonchev–Trinajstić information content (AvgIpc) is 3.47. The maximum Gasteiger partial charge on any atom is 0.331 e. The van der Waals surface area contributed by atoms with E-state index in [0.29, 0.717) is 12.1 Å². The highest BCUT2D eigenvalue weighted by molar-refractivity contribution is 7.89. The highest BCUT2D eigenvalue weighted by Gasteiger charge is 2.30. The number of ether oxygens (including phenoxy) is 2. The highest BCUT2D eigenvalue weighted by Crippen LogP contribution is 2.34. The molecule has 0 radical (unpaired) electrons.